The Kier molecular flexibility index (Phi) is 3.04. The van der Waals surface area contributed by atoms with Crippen molar-refractivity contribution in [2.45, 2.75) is 19.3 Å². The van der Waals surface area contributed by atoms with Gasteiger partial charge in [-0.05, 0) is 42.9 Å². The highest BCUT2D eigenvalue weighted by atomic mass is 16.5. The van der Waals surface area contributed by atoms with Crippen LogP contribution in [-0.2, 0) is 11.2 Å². The lowest BCUT2D eigenvalue weighted by atomic mass is 9.92. The number of hydrogen-bond donors (Lipinski definition) is 1. The predicted molar refractivity (Wildman–Crippen MR) is 58.1 cm³/mol. The molecule has 1 fully saturated rings. The summed E-state index contributed by atoms with van der Waals surface area (Å²) in [5.74, 6) is 0.798. The van der Waals surface area contributed by atoms with Crippen LogP contribution in [0, 0.1) is 5.92 Å². The molecule has 2 heteroatoms. The summed E-state index contributed by atoms with van der Waals surface area (Å²) in [6.45, 7) is 1.86. The molecule has 0 saturated carbocycles. The molecule has 1 aliphatic rings. The molecule has 14 heavy (non-hydrogen) atoms. The van der Waals surface area contributed by atoms with Crippen LogP contribution in [0.5, 0.6) is 0 Å². The van der Waals surface area contributed by atoms with Crippen LogP contribution in [0.2, 0.25) is 0 Å². The highest BCUT2D eigenvalue weighted by Crippen LogP contribution is 2.20. The van der Waals surface area contributed by atoms with Crippen LogP contribution >= 0.6 is 0 Å². The Hall–Kier alpha value is -1.02. The Morgan fingerprint density at radius 2 is 1.79 bits per heavy atom. The molecule has 0 spiro atoms. The van der Waals surface area contributed by atoms with E-state index in [9.17, 15) is 0 Å². The van der Waals surface area contributed by atoms with Gasteiger partial charge < -0.3 is 10.5 Å². The minimum absolute atomic E-state index is 0.798. The van der Waals surface area contributed by atoms with Crippen molar-refractivity contribution in [1.29, 1.82) is 0 Å². The molecule has 0 unspecified atom stereocenters. The van der Waals surface area contributed by atoms with Crippen LogP contribution in [-0.4, -0.2) is 13.2 Å². The number of hydrogen-bond acceptors (Lipinski definition) is 2. The summed E-state index contributed by atoms with van der Waals surface area (Å²) in [4.78, 5) is 0. The molecule has 0 atom stereocenters. The lowest BCUT2D eigenvalue weighted by Crippen LogP contribution is -2.17. The van der Waals surface area contributed by atoms with E-state index >= 15 is 0 Å². The highest BCUT2D eigenvalue weighted by molar-refractivity contribution is 5.39. The van der Waals surface area contributed by atoms with E-state index in [1.54, 1.807) is 0 Å². The van der Waals surface area contributed by atoms with E-state index in [1.165, 1.54) is 24.8 Å². The minimum Gasteiger partial charge on any atom is -0.399 e. The highest BCUT2D eigenvalue weighted by Gasteiger charge is 2.13. The third-order valence-corrected chi connectivity index (χ3v) is 2.84. The van der Waals surface area contributed by atoms with Gasteiger partial charge >= 0.3 is 0 Å². The molecule has 76 valence electrons. The fraction of sp³-hybridized carbons (Fsp3) is 0.500. The topological polar surface area (TPSA) is 35.2 Å². The number of anilines is 1. The Bertz CT molecular complexity index is 275. The van der Waals surface area contributed by atoms with Crippen LogP contribution in [0.15, 0.2) is 24.3 Å². The summed E-state index contributed by atoms with van der Waals surface area (Å²) in [5.41, 5.74) is 7.88. The zero-order chi connectivity index (χ0) is 9.80. The van der Waals surface area contributed by atoms with Crippen molar-refractivity contribution in [2.75, 3.05) is 18.9 Å². The van der Waals surface area contributed by atoms with Gasteiger partial charge in [0.05, 0.1) is 0 Å². The lowest BCUT2D eigenvalue weighted by molar-refractivity contribution is 0.0665. The Morgan fingerprint density at radius 3 is 2.43 bits per heavy atom. The molecule has 0 aliphatic carbocycles. The first-order valence-corrected chi connectivity index (χ1v) is 5.27. The van der Waals surface area contributed by atoms with E-state index in [2.05, 4.69) is 12.1 Å². The Morgan fingerprint density at radius 1 is 1.14 bits per heavy atom. The normalized spacial score (nSPS) is 18.3. The lowest BCUT2D eigenvalue weighted by Gasteiger charge is -2.21. The molecular weight excluding hydrogens is 174 g/mol. The van der Waals surface area contributed by atoms with Crippen molar-refractivity contribution in [1.82, 2.24) is 0 Å². The van der Waals surface area contributed by atoms with Gasteiger partial charge in [0, 0.05) is 18.9 Å². The van der Waals surface area contributed by atoms with Crippen LogP contribution in [0.1, 0.15) is 18.4 Å². The molecule has 2 N–H and O–H groups in total. The zero-order valence-corrected chi connectivity index (χ0v) is 8.41. The van der Waals surface area contributed by atoms with Gasteiger partial charge in [0.25, 0.3) is 0 Å². The van der Waals surface area contributed by atoms with E-state index in [-0.39, 0.29) is 0 Å². The SMILES string of the molecule is Nc1ccc(CC2CCOCC2)cc1. The third-order valence-electron chi connectivity index (χ3n) is 2.84. The second-order valence-electron chi connectivity index (χ2n) is 4.00. The maximum Gasteiger partial charge on any atom is 0.0468 e. The monoisotopic (exact) mass is 191 g/mol. The van der Waals surface area contributed by atoms with Gasteiger partial charge in [-0.2, -0.15) is 0 Å². The predicted octanol–water partition coefficient (Wildman–Crippen LogP) is 2.24. The summed E-state index contributed by atoms with van der Waals surface area (Å²) in [6, 6.07) is 8.22. The maximum absolute atomic E-state index is 5.64. The summed E-state index contributed by atoms with van der Waals surface area (Å²) < 4.78 is 5.34. The van der Waals surface area contributed by atoms with Gasteiger partial charge in [0.2, 0.25) is 0 Å². The summed E-state index contributed by atoms with van der Waals surface area (Å²) >= 11 is 0. The summed E-state index contributed by atoms with van der Waals surface area (Å²) in [5, 5.41) is 0. The molecular formula is C12H17NO. The number of nitrogens with two attached hydrogens (primary N) is 1. The standard InChI is InChI=1S/C12H17NO/c13-12-3-1-10(2-4-12)9-11-5-7-14-8-6-11/h1-4,11H,5-9,13H2. The van der Waals surface area contributed by atoms with Crippen molar-refractivity contribution in [3.8, 4) is 0 Å². The van der Waals surface area contributed by atoms with Crippen molar-refractivity contribution in [3.05, 3.63) is 29.8 Å². The minimum atomic E-state index is 0.798. The smallest absolute Gasteiger partial charge is 0.0468 e. The first-order chi connectivity index (χ1) is 6.84. The van der Waals surface area contributed by atoms with E-state index in [0.29, 0.717) is 0 Å². The number of rotatable bonds is 2. The fourth-order valence-electron chi connectivity index (χ4n) is 1.94. The van der Waals surface area contributed by atoms with E-state index in [4.69, 9.17) is 10.5 Å². The van der Waals surface area contributed by atoms with E-state index in [1.807, 2.05) is 12.1 Å². The zero-order valence-electron chi connectivity index (χ0n) is 8.41. The van der Waals surface area contributed by atoms with Crippen LogP contribution in [0.3, 0.4) is 0 Å². The van der Waals surface area contributed by atoms with Crippen LogP contribution in [0.4, 0.5) is 5.69 Å². The van der Waals surface area contributed by atoms with Gasteiger partial charge in [0.15, 0.2) is 0 Å². The molecule has 1 heterocycles. The first kappa shape index (κ1) is 9.53. The quantitative estimate of drug-likeness (QED) is 0.728. The van der Waals surface area contributed by atoms with Crippen molar-refractivity contribution < 1.29 is 4.74 Å². The molecule has 2 nitrogen and oxygen atoms in total. The summed E-state index contributed by atoms with van der Waals surface area (Å²) in [7, 11) is 0. The van der Waals surface area contributed by atoms with Gasteiger partial charge in [0.1, 0.15) is 0 Å². The Labute approximate surface area is 85.1 Å². The molecule has 1 aromatic carbocycles. The van der Waals surface area contributed by atoms with Gasteiger partial charge in [-0.3, -0.25) is 0 Å². The molecule has 2 rings (SSSR count). The second kappa shape index (κ2) is 4.47. The van der Waals surface area contributed by atoms with Gasteiger partial charge in [-0.1, -0.05) is 12.1 Å². The van der Waals surface area contributed by atoms with E-state index in [0.717, 1.165) is 24.8 Å². The summed E-state index contributed by atoms with van der Waals surface area (Å²) in [6.07, 6.45) is 3.57. The maximum atomic E-state index is 5.64. The molecule has 0 radical (unpaired) electrons. The molecule has 0 bridgehead atoms. The number of ether oxygens (including phenoxy) is 1. The number of benzene rings is 1. The average molecular weight is 191 g/mol. The third kappa shape index (κ3) is 2.48. The second-order valence-corrected chi connectivity index (χ2v) is 4.00. The van der Waals surface area contributed by atoms with Crippen molar-refractivity contribution in [2.24, 2.45) is 5.92 Å². The van der Waals surface area contributed by atoms with Crippen LogP contribution in [0.25, 0.3) is 0 Å². The van der Waals surface area contributed by atoms with Crippen molar-refractivity contribution >= 4 is 5.69 Å². The molecule has 1 aromatic rings. The largest absolute Gasteiger partial charge is 0.399 e. The first-order valence-electron chi connectivity index (χ1n) is 5.27. The average Bonchev–Trinajstić information content (AvgIpc) is 2.23. The fourth-order valence-corrected chi connectivity index (χ4v) is 1.94. The van der Waals surface area contributed by atoms with E-state index < -0.39 is 0 Å². The number of nitrogen functional groups attached to an aromatic ring is 1. The Balaban J connectivity index is 1.92. The van der Waals surface area contributed by atoms with Gasteiger partial charge in [-0.15, -0.1) is 0 Å². The van der Waals surface area contributed by atoms with Crippen molar-refractivity contribution in [3.63, 3.8) is 0 Å². The van der Waals surface area contributed by atoms with Gasteiger partial charge in [-0.25, -0.2) is 0 Å². The molecule has 0 amide bonds. The van der Waals surface area contributed by atoms with Crippen LogP contribution < -0.4 is 5.73 Å². The molecule has 1 saturated heterocycles. The molecule has 1 aliphatic heterocycles. The molecule has 0 aromatic heterocycles.